The van der Waals surface area contributed by atoms with Gasteiger partial charge in [0.25, 0.3) is 5.91 Å². The largest absolute Gasteiger partial charge is 0.347 e. The van der Waals surface area contributed by atoms with Gasteiger partial charge in [0, 0.05) is 23.6 Å². The first-order chi connectivity index (χ1) is 12.5. The topological polar surface area (TPSA) is 51.1 Å². The first-order valence-electron chi connectivity index (χ1n) is 9.33. The van der Waals surface area contributed by atoms with Gasteiger partial charge >= 0.3 is 0 Å². The molecule has 0 spiro atoms. The molecular weight excluding hydrogens is 392 g/mol. The van der Waals surface area contributed by atoms with Crippen LogP contribution < -0.4 is 10.7 Å². The van der Waals surface area contributed by atoms with Gasteiger partial charge in [-0.3, -0.25) is 9.59 Å². The Morgan fingerprint density at radius 2 is 1.85 bits per heavy atom. The molecule has 0 unspecified atom stereocenters. The van der Waals surface area contributed by atoms with Crippen molar-refractivity contribution in [2.75, 3.05) is 5.32 Å². The Balaban J connectivity index is 2.10. The van der Waals surface area contributed by atoms with Crippen LogP contribution in [0.5, 0.6) is 0 Å². The van der Waals surface area contributed by atoms with Crippen LogP contribution in [0.25, 0.3) is 0 Å². The number of fused-ring (bicyclic) bond motifs is 1. The number of carbonyl (C=O) groups is 1. The lowest BCUT2D eigenvalue weighted by atomic mass is 9.99. The van der Waals surface area contributed by atoms with Crippen LogP contribution in [0.2, 0.25) is 0 Å². The lowest BCUT2D eigenvalue weighted by molar-refractivity contribution is 0.102. The van der Waals surface area contributed by atoms with E-state index in [0.29, 0.717) is 4.47 Å². The van der Waals surface area contributed by atoms with Crippen LogP contribution >= 0.6 is 15.9 Å². The van der Waals surface area contributed by atoms with E-state index in [-0.39, 0.29) is 16.9 Å². The molecular formula is C21H25BrN2O2. The number of benzene rings is 1. The van der Waals surface area contributed by atoms with Crippen LogP contribution in [0.4, 0.5) is 5.69 Å². The Hall–Kier alpha value is -1.88. The molecule has 26 heavy (non-hydrogen) atoms. The number of anilines is 1. The Bertz CT molecular complexity index is 893. The van der Waals surface area contributed by atoms with Crippen molar-refractivity contribution in [3.63, 3.8) is 0 Å². The molecule has 0 atom stereocenters. The second kappa shape index (κ2) is 7.78. The van der Waals surface area contributed by atoms with Crippen molar-refractivity contribution in [2.24, 2.45) is 0 Å². The highest BCUT2D eigenvalue weighted by Crippen LogP contribution is 2.26. The highest BCUT2D eigenvalue weighted by molar-refractivity contribution is 9.10. The summed E-state index contributed by atoms with van der Waals surface area (Å²) in [6.07, 6.45) is 4.51. The quantitative estimate of drug-likeness (QED) is 0.789. The molecule has 1 aromatic heterocycles. The van der Waals surface area contributed by atoms with E-state index < -0.39 is 0 Å². The number of halogens is 1. The molecule has 3 rings (SSSR count). The van der Waals surface area contributed by atoms with Crippen molar-refractivity contribution in [3.8, 4) is 0 Å². The zero-order valence-electron chi connectivity index (χ0n) is 15.6. The lowest BCUT2D eigenvalue weighted by Crippen LogP contribution is -2.31. The fourth-order valence-corrected chi connectivity index (χ4v) is 4.21. The predicted octanol–water partition coefficient (Wildman–Crippen LogP) is 4.63. The molecule has 1 aliphatic rings. The SMILES string of the molecule is CCc1cccc(CC)c1NC(=O)c1c2n(c(C)c(Br)c1=O)CCCC2. The van der Waals surface area contributed by atoms with Crippen LogP contribution in [0.3, 0.4) is 0 Å². The molecule has 1 N–H and O–H groups in total. The number of hydrogen-bond donors (Lipinski definition) is 1. The fourth-order valence-electron chi connectivity index (χ4n) is 3.80. The smallest absolute Gasteiger partial charge is 0.261 e. The minimum Gasteiger partial charge on any atom is -0.347 e. The third-order valence-electron chi connectivity index (χ3n) is 5.27. The molecule has 0 radical (unpaired) electrons. The summed E-state index contributed by atoms with van der Waals surface area (Å²) >= 11 is 3.41. The zero-order valence-corrected chi connectivity index (χ0v) is 17.2. The van der Waals surface area contributed by atoms with Gasteiger partial charge < -0.3 is 9.88 Å². The van der Waals surface area contributed by atoms with Crippen molar-refractivity contribution in [1.29, 1.82) is 0 Å². The molecule has 138 valence electrons. The predicted molar refractivity (Wildman–Crippen MR) is 109 cm³/mol. The molecule has 2 aromatic rings. The number of rotatable bonds is 4. The second-order valence-corrected chi connectivity index (χ2v) is 7.56. The van der Waals surface area contributed by atoms with Gasteiger partial charge in [-0.05, 0) is 66.1 Å². The number of pyridine rings is 1. The summed E-state index contributed by atoms with van der Waals surface area (Å²) in [6, 6.07) is 6.08. The number of nitrogens with zero attached hydrogens (tertiary/aromatic N) is 1. The van der Waals surface area contributed by atoms with Gasteiger partial charge in [0.15, 0.2) is 0 Å². The number of carbonyl (C=O) groups excluding carboxylic acids is 1. The van der Waals surface area contributed by atoms with Gasteiger partial charge in [-0.15, -0.1) is 0 Å². The molecule has 0 bridgehead atoms. The maximum atomic E-state index is 13.2. The normalized spacial score (nSPS) is 13.4. The van der Waals surface area contributed by atoms with E-state index in [0.717, 1.165) is 66.9 Å². The molecule has 0 aliphatic carbocycles. The third-order valence-corrected chi connectivity index (χ3v) is 6.21. The lowest BCUT2D eigenvalue weighted by Gasteiger charge is -2.25. The molecule has 1 aromatic carbocycles. The van der Waals surface area contributed by atoms with Crippen LogP contribution in [0, 0.1) is 6.92 Å². The zero-order chi connectivity index (χ0) is 18.8. The van der Waals surface area contributed by atoms with Crippen molar-refractivity contribution in [2.45, 2.75) is 59.4 Å². The Morgan fingerprint density at radius 3 is 2.46 bits per heavy atom. The first kappa shape index (κ1) is 18.9. The number of para-hydroxylation sites is 1. The minimum atomic E-state index is -0.294. The standard InChI is InChI=1S/C21H25BrN2O2/c1-4-14-9-8-10-15(5-2)19(14)23-21(26)17-16-11-6-7-12-24(16)13(3)18(22)20(17)25/h8-10H,4-7,11-12H2,1-3H3,(H,23,26). The molecule has 0 fully saturated rings. The van der Waals surface area contributed by atoms with Gasteiger partial charge in [-0.2, -0.15) is 0 Å². The van der Waals surface area contributed by atoms with E-state index in [4.69, 9.17) is 0 Å². The monoisotopic (exact) mass is 416 g/mol. The first-order valence-corrected chi connectivity index (χ1v) is 10.1. The summed E-state index contributed by atoms with van der Waals surface area (Å²) < 4.78 is 2.61. The van der Waals surface area contributed by atoms with E-state index in [1.54, 1.807) is 0 Å². The van der Waals surface area contributed by atoms with Crippen molar-refractivity contribution in [3.05, 3.63) is 61.0 Å². The minimum absolute atomic E-state index is 0.208. The number of amides is 1. The van der Waals surface area contributed by atoms with Crippen molar-refractivity contribution < 1.29 is 4.79 Å². The second-order valence-electron chi connectivity index (χ2n) is 6.77. The van der Waals surface area contributed by atoms with Crippen LogP contribution in [0.1, 0.15) is 59.6 Å². The summed E-state index contributed by atoms with van der Waals surface area (Å²) in [5.74, 6) is -0.294. The van der Waals surface area contributed by atoms with E-state index in [1.165, 1.54) is 0 Å². The van der Waals surface area contributed by atoms with Gasteiger partial charge in [0.2, 0.25) is 5.43 Å². The van der Waals surface area contributed by atoms with Gasteiger partial charge in [0.05, 0.1) is 4.47 Å². The summed E-state index contributed by atoms with van der Waals surface area (Å²) in [7, 11) is 0. The Morgan fingerprint density at radius 1 is 1.19 bits per heavy atom. The number of aryl methyl sites for hydroxylation is 2. The van der Waals surface area contributed by atoms with Crippen LogP contribution in [-0.4, -0.2) is 10.5 Å². The third kappa shape index (κ3) is 3.25. The Labute approximate surface area is 162 Å². The number of hydrogen-bond acceptors (Lipinski definition) is 2. The van der Waals surface area contributed by atoms with Crippen LogP contribution in [0.15, 0.2) is 27.5 Å². The molecule has 4 nitrogen and oxygen atoms in total. The molecule has 1 aliphatic heterocycles. The number of aromatic nitrogens is 1. The van der Waals surface area contributed by atoms with Gasteiger partial charge in [-0.1, -0.05) is 32.0 Å². The average Bonchev–Trinajstić information content (AvgIpc) is 2.66. The van der Waals surface area contributed by atoms with Gasteiger partial charge in [-0.25, -0.2) is 0 Å². The molecule has 0 saturated carbocycles. The molecule has 0 saturated heterocycles. The van der Waals surface area contributed by atoms with E-state index in [9.17, 15) is 9.59 Å². The Kier molecular flexibility index (Phi) is 5.66. The number of nitrogens with one attached hydrogen (secondary N) is 1. The molecule has 1 amide bonds. The summed E-state index contributed by atoms with van der Waals surface area (Å²) in [5, 5.41) is 3.06. The van der Waals surface area contributed by atoms with E-state index in [2.05, 4.69) is 39.7 Å². The van der Waals surface area contributed by atoms with E-state index in [1.807, 2.05) is 25.1 Å². The van der Waals surface area contributed by atoms with Crippen LogP contribution in [-0.2, 0) is 25.8 Å². The van der Waals surface area contributed by atoms with Crippen molar-refractivity contribution >= 4 is 27.5 Å². The molecule has 2 heterocycles. The summed E-state index contributed by atoms with van der Waals surface area (Å²) in [4.78, 5) is 26.0. The average molecular weight is 417 g/mol. The van der Waals surface area contributed by atoms with E-state index >= 15 is 0 Å². The van der Waals surface area contributed by atoms with Gasteiger partial charge in [0.1, 0.15) is 5.56 Å². The maximum absolute atomic E-state index is 13.2. The highest BCUT2D eigenvalue weighted by Gasteiger charge is 2.25. The summed E-state index contributed by atoms with van der Waals surface area (Å²) in [6.45, 7) is 6.93. The summed E-state index contributed by atoms with van der Waals surface area (Å²) in [5.41, 5.74) is 4.90. The van der Waals surface area contributed by atoms with Crippen molar-refractivity contribution in [1.82, 2.24) is 4.57 Å². The highest BCUT2D eigenvalue weighted by atomic mass is 79.9. The maximum Gasteiger partial charge on any atom is 0.261 e. The fraction of sp³-hybridized carbons (Fsp3) is 0.429. The molecule has 5 heteroatoms.